The van der Waals surface area contributed by atoms with E-state index in [0.717, 1.165) is 30.5 Å². The quantitative estimate of drug-likeness (QED) is 0.847. The molecule has 0 saturated carbocycles. The lowest BCUT2D eigenvalue weighted by Crippen LogP contribution is -2.25. The first kappa shape index (κ1) is 13.7. The van der Waals surface area contributed by atoms with Gasteiger partial charge in [-0.25, -0.2) is 4.98 Å². The predicted molar refractivity (Wildman–Crippen MR) is 64.9 cm³/mol. The van der Waals surface area contributed by atoms with Gasteiger partial charge in [-0.3, -0.25) is 0 Å². The zero-order valence-corrected chi connectivity index (χ0v) is 10.6. The van der Waals surface area contributed by atoms with E-state index in [9.17, 15) is 13.2 Å². The molecular weight excluding hydrogens is 255 g/mol. The van der Waals surface area contributed by atoms with Gasteiger partial charge >= 0.3 is 6.18 Å². The second-order valence-electron chi connectivity index (χ2n) is 4.72. The molecule has 0 saturated heterocycles. The third kappa shape index (κ3) is 3.16. The van der Waals surface area contributed by atoms with Crippen LogP contribution >= 0.6 is 0 Å². The Morgan fingerprint density at radius 2 is 2.16 bits per heavy atom. The number of nitrogens with zero attached hydrogens (tertiary/aromatic N) is 3. The van der Waals surface area contributed by atoms with Gasteiger partial charge in [-0.05, 0) is 30.9 Å². The van der Waals surface area contributed by atoms with Crippen molar-refractivity contribution in [3.05, 3.63) is 22.9 Å². The molecule has 1 heterocycles. The van der Waals surface area contributed by atoms with Gasteiger partial charge in [0.1, 0.15) is 11.9 Å². The summed E-state index contributed by atoms with van der Waals surface area (Å²) in [6.07, 6.45) is -2.39. The van der Waals surface area contributed by atoms with Crippen LogP contribution in [-0.4, -0.2) is 24.8 Å². The highest BCUT2D eigenvalue weighted by Gasteiger charge is 2.28. The van der Waals surface area contributed by atoms with Crippen LogP contribution in [0.4, 0.5) is 19.0 Å². The minimum absolute atomic E-state index is 0.191. The highest BCUT2D eigenvalue weighted by Crippen LogP contribution is 2.27. The molecule has 0 N–H and O–H groups in total. The summed E-state index contributed by atoms with van der Waals surface area (Å²) in [4.78, 5) is 5.77. The van der Waals surface area contributed by atoms with Crippen LogP contribution in [0.1, 0.15) is 29.7 Å². The predicted octanol–water partition coefficient (Wildman–Crippen LogP) is 2.83. The third-order valence-corrected chi connectivity index (χ3v) is 3.24. The fourth-order valence-electron chi connectivity index (χ4n) is 2.23. The van der Waals surface area contributed by atoms with Crippen LogP contribution in [0.2, 0.25) is 0 Å². The number of nitriles is 1. The molecule has 0 spiro atoms. The SMILES string of the molecule is CN(CCC(F)(F)F)c1nc2c(cc1C#N)CCC2. The average molecular weight is 269 g/mol. The Morgan fingerprint density at radius 3 is 2.79 bits per heavy atom. The molecule has 0 atom stereocenters. The first-order valence-electron chi connectivity index (χ1n) is 6.11. The summed E-state index contributed by atoms with van der Waals surface area (Å²) in [7, 11) is 1.54. The standard InChI is InChI=1S/C13H14F3N3/c1-19(6-5-13(14,15)16)12-10(8-17)7-9-3-2-4-11(9)18-12/h7H,2-6H2,1H3. The van der Waals surface area contributed by atoms with E-state index in [2.05, 4.69) is 4.98 Å². The van der Waals surface area contributed by atoms with Crippen molar-refractivity contribution in [3.63, 3.8) is 0 Å². The van der Waals surface area contributed by atoms with Gasteiger partial charge in [-0.2, -0.15) is 18.4 Å². The number of hydrogen-bond donors (Lipinski definition) is 0. The van der Waals surface area contributed by atoms with Crippen LogP contribution in [0.5, 0.6) is 0 Å². The molecule has 1 aromatic heterocycles. The highest BCUT2D eigenvalue weighted by atomic mass is 19.4. The Labute approximate surface area is 109 Å². The normalized spacial score (nSPS) is 14.1. The van der Waals surface area contributed by atoms with E-state index >= 15 is 0 Å². The van der Waals surface area contributed by atoms with Crippen LogP contribution < -0.4 is 4.90 Å². The highest BCUT2D eigenvalue weighted by molar-refractivity contribution is 5.56. The van der Waals surface area contributed by atoms with Gasteiger partial charge in [0.05, 0.1) is 12.0 Å². The fraction of sp³-hybridized carbons (Fsp3) is 0.538. The minimum atomic E-state index is -4.20. The Morgan fingerprint density at radius 1 is 1.42 bits per heavy atom. The summed E-state index contributed by atoms with van der Waals surface area (Å²) in [5.41, 5.74) is 2.31. The first-order chi connectivity index (χ1) is 8.90. The molecule has 0 amide bonds. The number of halogens is 3. The monoisotopic (exact) mass is 269 g/mol. The molecule has 0 aromatic carbocycles. The van der Waals surface area contributed by atoms with Crippen molar-refractivity contribution in [1.29, 1.82) is 5.26 Å². The van der Waals surface area contributed by atoms with E-state index in [-0.39, 0.29) is 6.54 Å². The number of pyridine rings is 1. The van der Waals surface area contributed by atoms with E-state index in [1.807, 2.05) is 6.07 Å². The smallest absolute Gasteiger partial charge is 0.358 e. The van der Waals surface area contributed by atoms with Gasteiger partial charge in [0.15, 0.2) is 0 Å². The number of aryl methyl sites for hydroxylation is 2. The van der Waals surface area contributed by atoms with Crippen molar-refractivity contribution in [2.75, 3.05) is 18.5 Å². The maximum atomic E-state index is 12.2. The molecule has 19 heavy (non-hydrogen) atoms. The van der Waals surface area contributed by atoms with E-state index < -0.39 is 12.6 Å². The van der Waals surface area contributed by atoms with E-state index in [4.69, 9.17) is 5.26 Å². The minimum Gasteiger partial charge on any atom is -0.358 e. The zero-order chi connectivity index (χ0) is 14.0. The van der Waals surface area contributed by atoms with Crippen molar-refractivity contribution in [3.8, 4) is 6.07 Å². The summed E-state index contributed by atoms with van der Waals surface area (Å²) < 4.78 is 36.7. The van der Waals surface area contributed by atoms with Gasteiger partial charge in [0.2, 0.25) is 0 Å². The molecular formula is C13H14F3N3. The number of hydrogen-bond acceptors (Lipinski definition) is 3. The average Bonchev–Trinajstić information content (AvgIpc) is 2.80. The van der Waals surface area contributed by atoms with Crippen molar-refractivity contribution in [2.24, 2.45) is 0 Å². The number of anilines is 1. The van der Waals surface area contributed by atoms with Crippen molar-refractivity contribution >= 4 is 5.82 Å². The van der Waals surface area contributed by atoms with Crippen LogP contribution in [-0.2, 0) is 12.8 Å². The Hall–Kier alpha value is -1.77. The van der Waals surface area contributed by atoms with Crippen LogP contribution in [0.25, 0.3) is 0 Å². The van der Waals surface area contributed by atoms with Gasteiger partial charge in [0, 0.05) is 19.3 Å². The molecule has 1 aliphatic rings. The number of fused-ring (bicyclic) bond motifs is 1. The summed E-state index contributed by atoms with van der Waals surface area (Å²) in [6, 6.07) is 3.78. The molecule has 102 valence electrons. The van der Waals surface area contributed by atoms with Gasteiger partial charge in [-0.15, -0.1) is 0 Å². The van der Waals surface area contributed by atoms with Gasteiger partial charge < -0.3 is 4.90 Å². The Kier molecular flexibility index (Phi) is 3.65. The third-order valence-electron chi connectivity index (χ3n) is 3.24. The maximum absolute atomic E-state index is 12.2. The second-order valence-corrected chi connectivity index (χ2v) is 4.72. The van der Waals surface area contributed by atoms with Crippen LogP contribution in [0.3, 0.4) is 0 Å². The lowest BCUT2D eigenvalue weighted by Gasteiger charge is -2.21. The van der Waals surface area contributed by atoms with Gasteiger partial charge in [-0.1, -0.05) is 0 Å². The van der Waals surface area contributed by atoms with E-state index in [0.29, 0.717) is 11.4 Å². The Bertz CT molecular complexity index is 517. The lowest BCUT2D eigenvalue weighted by molar-refractivity contribution is -0.132. The van der Waals surface area contributed by atoms with E-state index in [1.165, 1.54) is 11.9 Å². The summed E-state index contributed by atoms with van der Waals surface area (Å²) >= 11 is 0. The van der Waals surface area contributed by atoms with Crippen molar-refractivity contribution < 1.29 is 13.2 Å². The Balaban J connectivity index is 2.22. The topological polar surface area (TPSA) is 39.9 Å². The van der Waals surface area contributed by atoms with Gasteiger partial charge in [0.25, 0.3) is 0 Å². The summed E-state index contributed by atoms with van der Waals surface area (Å²) in [5.74, 6) is 0.354. The molecule has 0 unspecified atom stereocenters. The van der Waals surface area contributed by atoms with Crippen LogP contribution in [0, 0.1) is 11.3 Å². The molecule has 6 heteroatoms. The molecule has 3 nitrogen and oxygen atoms in total. The summed E-state index contributed by atoms with van der Waals surface area (Å²) in [6.45, 7) is -0.191. The van der Waals surface area contributed by atoms with Crippen molar-refractivity contribution in [2.45, 2.75) is 31.9 Å². The molecule has 0 bridgehead atoms. The molecule has 1 aliphatic carbocycles. The number of aromatic nitrogens is 1. The lowest BCUT2D eigenvalue weighted by atomic mass is 10.1. The molecule has 0 fully saturated rings. The van der Waals surface area contributed by atoms with Crippen LogP contribution in [0.15, 0.2) is 6.07 Å². The second kappa shape index (κ2) is 5.08. The summed E-state index contributed by atoms with van der Waals surface area (Å²) in [5, 5.41) is 9.09. The molecule has 0 aliphatic heterocycles. The molecule has 0 radical (unpaired) electrons. The van der Waals surface area contributed by atoms with Crippen molar-refractivity contribution in [1.82, 2.24) is 4.98 Å². The first-order valence-corrected chi connectivity index (χ1v) is 6.11. The largest absolute Gasteiger partial charge is 0.390 e. The van der Waals surface area contributed by atoms with E-state index in [1.54, 1.807) is 6.07 Å². The number of rotatable bonds is 3. The molecule has 1 aromatic rings. The fourth-order valence-corrected chi connectivity index (χ4v) is 2.23. The maximum Gasteiger partial charge on any atom is 0.390 e. The molecule has 2 rings (SSSR count). The number of alkyl halides is 3. The zero-order valence-electron chi connectivity index (χ0n) is 10.6.